The summed E-state index contributed by atoms with van der Waals surface area (Å²) in [6.07, 6.45) is 47.2. The molecule has 0 radical (unpaired) electrons. The van der Waals surface area contributed by atoms with E-state index >= 15 is 0 Å². The van der Waals surface area contributed by atoms with Gasteiger partial charge in [-0.25, -0.2) is 0 Å². The molecule has 9 N–H and O–H groups in total. The molecule has 14 heteroatoms. The van der Waals surface area contributed by atoms with Gasteiger partial charge in [0.2, 0.25) is 5.91 Å². The Bertz CT molecular complexity index is 1380. The zero-order valence-corrected chi connectivity index (χ0v) is 53.0. The molecule has 14 nitrogen and oxygen atoms in total. The maximum Gasteiger partial charge on any atom is 0.220 e. The van der Waals surface area contributed by atoms with E-state index in [0.29, 0.717) is 12.8 Å². The summed E-state index contributed by atoms with van der Waals surface area (Å²) >= 11 is 0. The van der Waals surface area contributed by atoms with Gasteiger partial charge in [0.1, 0.15) is 48.8 Å². The van der Waals surface area contributed by atoms with Crippen LogP contribution in [-0.2, 0) is 23.7 Å². The molecule has 82 heavy (non-hydrogen) atoms. The summed E-state index contributed by atoms with van der Waals surface area (Å²) in [5.74, 6) is -0.198. The summed E-state index contributed by atoms with van der Waals surface area (Å²) in [5, 5.41) is 87.4. The van der Waals surface area contributed by atoms with Crippen LogP contribution in [0.15, 0.2) is 0 Å². The van der Waals surface area contributed by atoms with E-state index in [-0.39, 0.29) is 12.5 Å². The predicted octanol–water partition coefficient (Wildman–Crippen LogP) is 14.0. The minimum atomic E-state index is -1.78. The van der Waals surface area contributed by atoms with E-state index in [1.165, 1.54) is 257 Å². The fraction of sp³-hybridized carbons (Fsp3) is 0.985. The van der Waals surface area contributed by atoms with Crippen LogP contribution < -0.4 is 5.32 Å². The highest BCUT2D eigenvalue weighted by atomic mass is 16.7. The summed E-state index contributed by atoms with van der Waals surface area (Å²) in [5.41, 5.74) is 0. The van der Waals surface area contributed by atoms with Gasteiger partial charge in [0, 0.05) is 6.42 Å². The van der Waals surface area contributed by atoms with E-state index in [1.54, 1.807) is 0 Å². The smallest absolute Gasteiger partial charge is 0.220 e. The van der Waals surface area contributed by atoms with Gasteiger partial charge >= 0.3 is 0 Å². The Kier molecular flexibility index (Phi) is 50.9. The highest BCUT2D eigenvalue weighted by molar-refractivity contribution is 5.76. The molecule has 0 aromatic heterocycles. The zero-order chi connectivity index (χ0) is 59.5. The van der Waals surface area contributed by atoms with Gasteiger partial charge in [0.05, 0.1) is 32.0 Å². The van der Waals surface area contributed by atoms with Crippen LogP contribution in [0.2, 0.25) is 0 Å². The molecular weight excluding hydrogens is 1040 g/mol. The Morgan fingerprint density at radius 3 is 1.04 bits per heavy atom. The first-order valence-electron chi connectivity index (χ1n) is 35.3. The van der Waals surface area contributed by atoms with Gasteiger partial charge in [-0.3, -0.25) is 4.79 Å². The predicted molar refractivity (Wildman–Crippen MR) is 332 cm³/mol. The average Bonchev–Trinajstić information content (AvgIpc) is 3.64. The van der Waals surface area contributed by atoms with Crippen molar-refractivity contribution in [3.63, 3.8) is 0 Å². The van der Waals surface area contributed by atoms with Crippen LogP contribution in [0.25, 0.3) is 0 Å². The van der Waals surface area contributed by atoms with Crippen LogP contribution >= 0.6 is 0 Å². The van der Waals surface area contributed by atoms with Crippen molar-refractivity contribution in [1.82, 2.24) is 5.32 Å². The van der Waals surface area contributed by atoms with Gasteiger partial charge in [0.25, 0.3) is 0 Å². The van der Waals surface area contributed by atoms with Crippen molar-refractivity contribution in [1.29, 1.82) is 0 Å². The normalized spacial score (nSPS) is 23.8. The summed E-state index contributed by atoms with van der Waals surface area (Å²) in [6.45, 7) is 2.91. The Labute approximate surface area is 502 Å². The van der Waals surface area contributed by atoms with Crippen LogP contribution in [0.1, 0.15) is 335 Å². The number of carbonyl (C=O) groups excluding carboxylic acids is 1. The fourth-order valence-electron chi connectivity index (χ4n) is 12.2. The van der Waals surface area contributed by atoms with Crippen molar-refractivity contribution < 1.29 is 64.6 Å². The number of aliphatic hydroxyl groups excluding tert-OH is 8. The number of hydrogen-bond acceptors (Lipinski definition) is 13. The molecule has 2 saturated heterocycles. The Balaban J connectivity index is 1.58. The molecule has 2 rings (SSSR count). The van der Waals surface area contributed by atoms with Crippen LogP contribution in [0.5, 0.6) is 0 Å². The monoisotopic (exact) mass is 1170 g/mol. The minimum Gasteiger partial charge on any atom is -0.394 e. The third-order valence-electron chi connectivity index (χ3n) is 17.8. The molecule has 488 valence electrons. The molecule has 0 saturated carbocycles. The van der Waals surface area contributed by atoms with E-state index in [1.807, 2.05) is 0 Å². The second kappa shape index (κ2) is 54.2. The summed E-state index contributed by atoms with van der Waals surface area (Å²) in [6, 6.07) is -0.823. The van der Waals surface area contributed by atoms with Crippen molar-refractivity contribution >= 4 is 5.91 Å². The third kappa shape index (κ3) is 38.3. The lowest BCUT2D eigenvalue weighted by molar-refractivity contribution is -0.359. The maximum absolute atomic E-state index is 13.3. The van der Waals surface area contributed by atoms with E-state index < -0.39 is 86.8 Å². The molecule has 2 fully saturated rings. The Morgan fingerprint density at radius 2 is 0.695 bits per heavy atom. The lowest BCUT2D eigenvalue weighted by atomic mass is 9.97. The number of unbranched alkanes of at least 4 members (excludes halogenated alkanes) is 46. The van der Waals surface area contributed by atoms with Gasteiger partial charge in [-0.2, -0.15) is 0 Å². The lowest BCUT2D eigenvalue weighted by Gasteiger charge is -2.46. The molecule has 0 aromatic carbocycles. The first-order valence-corrected chi connectivity index (χ1v) is 35.3. The number of amides is 1. The Hall–Kier alpha value is -1.01. The first kappa shape index (κ1) is 77.1. The summed E-state index contributed by atoms with van der Waals surface area (Å²) in [4.78, 5) is 13.3. The topological polar surface area (TPSA) is 228 Å². The van der Waals surface area contributed by atoms with E-state index in [2.05, 4.69) is 19.2 Å². The van der Waals surface area contributed by atoms with Crippen molar-refractivity contribution in [3.8, 4) is 0 Å². The standard InChI is InChI=1S/C68H133NO13/c1-3-5-7-9-11-13-15-17-19-20-21-22-23-24-25-26-27-28-29-30-31-32-33-34-35-36-37-38-40-42-44-46-48-50-52-60(73)69-56(57(72)51-49-47-45-43-41-39-18-16-14-12-10-8-6-4-2)55-79-67-65(78)63(76)66(59(54-71)81-67)82-68-64(77)62(75)61(74)58(53-70)80-68/h56-59,61-68,70-72,74-78H,3-55H2,1-2H3,(H,69,73). The number of hydrogen-bond donors (Lipinski definition) is 9. The molecule has 2 heterocycles. The highest BCUT2D eigenvalue weighted by Gasteiger charge is 2.51. The van der Waals surface area contributed by atoms with Gasteiger partial charge in [0.15, 0.2) is 12.6 Å². The largest absolute Gasteiger partial charge is 0.394 e. The second-order valence-electron chi connectivity index (χ2n) is 25.4. The highest BCUT2D eigenvalue weighted by Crippen LogP contribution is 2.30. The summed E-state index contributed by atoms with van der Waals surface area (Å²) < 4.78 is 22.9. The van der Waals surface area contributed by atoms with Crippen LogP contribution in [-0.4, -0.2) is 140 Å². The number of nitrogens with one attached hydrogen (secondary N) is 1. The van der Waals surface area contributed by atoms with Gasteiger partial charge < -0.3 is 65.1 Å². The SMILES string of the molecule is CCCCCCCCCCCCCCCCCCCCCCCCCCCCCCCCCCCCC(=O)NC(COC1OC(CO)C(OC2OC(CO)C(O)C(O)C2O)C(O)C1O)C(O)CCCCCCCCCCCCCCCC. The second-order valence-corrected chi connectivity index (χ2v) is 25.4. The van der Waals surface area contributed by atoms with Gasteiger partial charge in [-0.1, -0.05) is 316 Å². The quantitative estimate of drug-likeness (QED) is 0.0259. The van der Waals surface area contributed by atoms with Crippen molar-refractivity contribution in [2.24, 2.45) is 0 Å². The molecule has 0 aromatic rings. The van der Waals surface area contributed by atoms with Gasteiger partial charge in [-0.15, -0.1) is 0 Å². The first-order chi connectivity index (χ1) is 40.1. The zero-order valence-electron chi connectivity index (χ0n) is 53.0. The van der Waals surface area contributed by atoms with E-state index in [9.17, 15) is 45.6 Å². The fourth-order valence-corrected chi connectivity index (χ4v) is 12.2. The average molecular weight is 1170 g/mol. The third-order valence-corrected chi connectivity index (χ3v) is 17.8. The molecule has 2 aliphatic heterocycles. The molecular formula is C68H133NO13. The maximum atomic E-state index is 13.3. The molecule has 1 amide bonds. The van der Waals surface area contributed by atoms with Crippen molar-refractivity contribution in [2.45, 2.75) is 408 Å². The number of aliphatic hydroxyl groups is 8. The molecule has 0 aliphatic carbocycles. The molecule has 2 aliphatic rings. The van der Waals surface area contributed by atoms with Crippen LogP contribution in [0.3, 0.4) is 0 Å². The molecule has 0 bridgehead atoms. The lowest BCUT2D eigenvalue weighted by Crippen LogP contribution is -2.65. The van der Waals surface area contributed by atoms with Crippen LogP contribution in [0.4, 0.5) is 0 Å². The van der Waals surface area contributed by atoms with Crippen LogP contribution in [0, 0.1) is 0 Å². The minimum absolute atomic E-state index is 0.198. The van der Waals surface area contributed by atoms with E-state index in [0.717, 1.165) is 51.4 Å². The number of rotatable bonds is 59. The summed E-state index contributed by atoms with van der Waals surface area (Å²) in [7, 11) is 0. The Morgan fingerprint density at radius 1 is 0.390 bits per heavy atom. The van der Waals surface area contributed by atoms with E-state index in [4.69, 9.17) is 18.9 Å². The van der Waals surface area contributed by atoms with Crippen molar-refractivity contribution in [3.05, 3.63) is 0 Å². The van der Waals surface area contributed by atoms with Gasteiger partial charge in [-0.05, 0) is 12.8 Å². The molecule has 0 spiro atoms. The molecule has 12 atom stereocenters. The number of carbonyl (C=O) groups is 1. The number of ether oxygens (including phenoxy) is 4. The van der Waals surface area contributed by atoms with Crippen molar-refractivity contribution in [2.75, 3.05) is 19.8 Å². The molecule has 12 unspecified atom stereocenters.